The number of aromatic nitrogens is 1. The molecule has 1 N–H and O–H groups in total. The maximum absolute atomic E-state index is 13.9. The van der Waals surface area contributed by atoms with Crippen LogP contribution >= 0.6 is 23.1 Å². The van der Waals surface area contributed by atoms with Crippen LogP contribution in [0.3, 0.4) is 0 Å². The molecule has 0 unspecified atom stereocenters. The van der Waals surface area contributed by atoms with Gasteiger partial charge in [0.1, 0.15) is 11.3 Å². The van der Waals surface area contributed by atoms with Crippen molar-refractivity contribution in [2.24, 2.45) is 0 Å². The van der Waals surface area contributed by atoms with Gasteiger partial charge in [-0.3, -0.25) is 9.69 Å². The quantitative estimate of drug-likeness (QED) is 0.556. The number of rotatable bonds is 7. The van der Waals surface area contributed by atoms with Crippen LogP contribution in [0.15, 0.2) is 47.4 Å². The molecular weight excluding hydrogens is 419 g/mol. The van der Waals surface area contributed by atoms with Crippen molar-refractivity contribution in [3.8, 4) is 0 Å². The number of fused-ring (bicyclic) bond motifs is 1. The van der Waals surface area contributed by atoms with Crippen molar-refractivity contribution in [1.29, 1.82) is 0 Å². The first kappa shape index (κ1) is 21.1. The summed E-state index contributed by atoms with van der Waals surface area (Å²) in [6.07, 6.45) is 0. The molecular formula is C22H25FN4OS2. The summed E-state index contributed by atoms with van der Waals surface area (Å²) in [5.41, 5.74) is 1.16. The van der Waals surface area contributed by atoms with Crippen molar-refractivity contribution in [2.75, 3.05) is 49.9 Å². The summed E-state index contributed by atoms with van der Waals surface area (Å²) in [4.78, 5) is 22.6. The van der Waals surface area contributed by atoms with E-state index in [9.17, 15) is 9.18 Å². The van der Waals surface area contributed by atoms with Gasteiger partial charge in [-0.1, -0.05) is 24.3 Å². The molecule has 8 heteroatoms. The van der Waals surface area contributed by atoms with E-state index in [1.165, 1.54) is 11.0 Å². The molecule has 1 fully saturated rings. The number of hydrogen-bond acceptors (Lipinski definition) is 6. The molecule has 3 aromatic rings. The van der Waals surface area contributed by atoms with Gasteiger partial charge in [0.05, 0.1) is 4.70 Å². The third-order valence-corrected chi connectivity index (χ3v) is 7.12. The summed E-state index contributed by atoms with van der Waals surface area (Å²) in [6, 6.07) is 12.8. The lowest BCUT2D eigenvalue weighted by atomic mass is 10.2. The third kappa shape index (κ3) is 4.94. The number of anilines is 1. The Balaban J connectivity index is 1.23. The molecule has 1 aromatic heterocycles. The highest BCUT2D eigenvalue weighted by Gasteiger charge is 2.20. The van der Waals surface area contributed by atoms with Crippen LogP contribution in [-0.4, -0.2) is 60.8 Å². The van der Waals surface area contributed by atoms with Crippen LogP contribution in [0.4, 0.5) is 9.52 Å². The van der Waals surface area contributed by atoms with E-state index >= 15 is 0 Å². The largest absolute Gasteiger partial charge is 0.351 e. The summed E-state index contributed by atoms with van der Waals surface area (Å²) in [5.74, 6) is 0.732. The first-order valence-electron chi connectivity index (χ1n) is 10.2. The second kappa shape index (κ2) is 9.76. The van der Waals surface area contributed by atoms with Gasteiger partial charge >= 0.3 is 0 Å². The number of benzene rings is 2. The van der Waals surface area contributed by atoms with Crippen molar-refractivity contribution < 1.29 is 9.18 Å². The fourth-order valence-corrected chi connectivity index (χ4v) is 5.19. The van der Waals surface area contributed by atoms with Crippen LogP contribution < -0.4 is 10.2 Å². The molecule has 1 aliphatic heterocycles. The highest BCUT2D eigenvalue weighted by atomic mass is 32.2. The zero-order valence-electron chi connectivity index (χ0n) is 16.9. The van der Waals surface area contributed by atoms with Crippen LogP contribution in [-0.2, 0) is 0 Å². The molecule has 0 atom stereocenters. The standard InChI is InChI=1S/C22H25FN4OS2/c1-2-29-17-8-6-16(7-9-17)21(28)24-10-11-26-12-14-27(15-13-26)22-25-20-18(23)4-3-5-19(20)30-22/h3-9H,2,10-15H2,1H3,(H,24,28). The highest BCUT2D eigenvalue weighted by molar-refractivity contribution is 7.99. The lowest BCUT2D eigenvalue weighted by molar-refractivity contribution is 0.0947. The molecule has 4 rings (SSSR count). The van der Waals surface area contributed by atoms with Crippen LogP contribution in [0.1, 0.15) is 17.3 Å². The summed E-state index contributed by atoms with van der Waals surface area (Å²) in [5, 5.41) is 3.89. The number of amides is 1. The summed E-state index contributed by atoms with van der Waals surface area (Å²) < 4.78 is 14.8. The lowest BCUT2D eigenvalue weighted by Crippen LogP contribution is -2.48. The maximum Gasteiger partial charge on any atom is 0.251 e. The van der Waals surface area contributed by atoms with Crippen molar-refractivity contribution in [3.63, 3.8) is 0 Å². The molecule has 30 heavy (non-hydrogen) atoms. The summed E-state index contributed by atoms with van der Waals surface area (Å²) in [7, 11) is 0. The summed E-state index contributed by atoms with van der Waals surface area (Å²) >= 11 is 3.31. The minimum absolute atomic E-state index is 0.0295. The van der Waals surface area contributed by atoms with Crippen LogP contribution in [0, 0.1) is 5.82 Å². The first-order valence-corrected chi connectivity index (χ1v) is 12.0. The van der Waals surface area contributed by atoms with Crippen molar-refractivity contribution in [1.82, 2.24) is 15.2 Å². The van der Waals surface area contributed by atoms with E-state index < -0.39 is 0 Å². The second-order valence-electron chi connectivity index (χ2n) is 7.12. The molecule has 1 aliphatic rings. The van der Waals surface area contributed by atoms with Gasteiger partial charge in [0.2, 0.25) is 0 Å². The summed E-state index contributed by atoms with van der Waals surface area (Å²) in [6.45, 7) is 7.06. The van der Waals surface area contributed by atoms with Crippen LogP contribution in [0.25, 0.3) is 10.2 Å². The fourth-order valence-electron chi connectivity index (χ4n) is 3.50. The average Bonchev–Trinajstić information content (AvgIpc) is 3.21. The van der Waals surface area contributed by atoms with Gasteiger partial charge in [-0.15, -0.1) is 11.8 Å². The number of carbonyl (C=O) groups is 1. The molecule has 1 amide bonds. The van der Waals surface area contributed by atoms with Gasteiger partial charge < -0.3 is 10.2 Å². The molecule has 1 saturated heterocycles. The maximum atomic E-state index is 13.9. The second-order valence-corrected chi connectivity index (χ2v) is 9.47. The number of thiazole rings is 1. The number of para-hydroxylation sites is 1. The number of piperazine rings is 1. The number of hydrogen-bond donors (Lipinski definition) is 1. The SMILES string of the molecule is CCSc1ccc(C(=O)NCCN2CCN(c3nc4c(F)cccc4s3)CC2)cc1. The smallest absolute Gasteiger partial charge is 0.251 e. The van der Waals surface area contributed by atoms with E-state index in [1.807, 2.05) is 30.3 Å². The lowest BCUT2D eigenvalue weighted by Gasteiger charge is -2.34. The Hall–Kier alpha value is -2.16. The number of halogens is 1. The molecule has 0 aliphatic carbocycles. The normalized spacial score (nSPS) is 14.9. The van der Waals surface area contributed by atoms with Gasteiger partial charge in [-0.2, -0.15) is 0 Å². The van der Waals surface area contributed by atoms with Gasteiger partial charge in [0.15, 0.2) is 5.13 Å². The Kier molecular flexibility index (Phi) is 6.86. The average molecular weight is 445 g/mol. The van der Waals surface area contributed by atoms with Crippen LogP contribution in [0.2, 0.25) is 0 Å². The highest BCUT2D eigenvalue weighted by Crippen LogP contribution is 2.30. The van der Waals surface area contributed by atoms with E-state index in [0.29, 0.717) is 17.6 Å². The van der Waals surface area contributed by atoms with Crippen molar-refractivity contribution >= 4 is 44.4 Å². The minimum atomic E-state index is -0.261. The van der Waals surface area contributed by atoms with Crippen LogP contribution in [0.5, 0.6) is 0 Å². The molecule has 0 spiro atoms. The molecule has 2 aromatic carbocycles. The molecule has 0 radical (unpaired) electrons. The van der Waals surface area contributed by atoms with E-state index in [-0.39, 0.29) is 11.7 Å². The Labute approximate surface area is 184 Å². The topological polar surface area (TPSA) is 48.5 Å². The molecule has 158 valence electrons. The first-order chi connectivity index (χ1) is 14.6. The minimum Gasteiger partial charge on any atom is -0.351 e. The van der Waals surface area contributed by atoms with Gasteiger partial charge in [-0.25, -0.2) is 9.37 Å². The molecule has 2 heterocycles. The van der Waals surface area contributed by atoms with Crippen molar-refractivity contribution in [3.05, 3.63) is 53.8 Å². The van der Waals surface area contributed by atoms with Crippen molar-refractivity contribution in [2.45, 2.75) is 11.8 Å². The zero-order valence-corrected chi connectivity index (χ0v) is 18.6. The van der Waals surface area contributed by atoms with E-state index in [1.54, 1.807) is 29.2 Å². The zero-order chi connectivity index (χ0) is 20.9. The van der Waals surface area contributed by atoms with E-state index in [0.717, 1.165) is 48.3 Å². The number of carbonyl (C=O) groups excluding carboxylic acids is 1. The Bertz CT molecular complexity index is 1000. The van der Waals surface area contributed by atoms with Gasteiger partial charge in [0, 0.05) is 49.7 Å². The molecule has 0 saturated carbocycles. The van der Waals surface area contributed by atoms with E-state index in [2.05, 4.69) is 27.0 Å². The third-order valence-electron chi connectivity index (χ3n) is 5.14. The Morgan fingerprint density at radius 2 is 1.93 bits per heavy atom. The fraction of sp³-hybridized carbons (Fsp3) is 0.364. The Morgan fingerprint density at radius 1 is 1.17 bits per heavy atom. The number of thioether (sulfide) groups is 1. The number of nitrogens with zero attached hydrogens (tertiary/aromatic N) is 3. The predicted molar refractivity (Wildman–Crippen MR) is 123 cm³/mol. The predicted octanol–water partition coefficient (Wildman–Crippen LogP) is 4.10. The van der Waals surface area contributed by atoms with E-state index in [4.69, 9.17) is 0 Å². The Morgan fingerprint density at radius 3 is 2.63 bits per heavy atom. The number of nitrogens with one attached hydrogen (secondary N) is 1. The molecule has 5 nitrogen and oxygen atoms in total. The van der Waals surface area contributed by atoms with Gasteiger partial charge in [0.25, 0.3) is 5.91 Å². The monoisotopic (exact) mass is 444 g/mol. The molecule has 0 bridgehead atoms. The van der Waals surface area contributed by atoms with Gasteiger partial charge in [-0.05, 0) is 42.2 Å².